The van der Waals surface area contributed by atoms with Crippen molar-refractivity contribution < 1.29 is 14.3 Å². The van der Waals surface area contributed by atoms with Gasteiger partial charge in [0.2, 0.25) is 5.91 Å². The van der Waals surface area contributed by atoms with E-state index in [2.05, 4.69) is 23.5 Å². The fraction of sp³-hybridized carbons (Fsp3) is 0.524. The predicted octanol–water partition coefficient (Wildman–Crippen LogP) is 3.55. The zero-order chi connectivity index (χ0) is 19.6. The van der Waals surface area contributed by atoms with Crippen LogP contribution in [0.5, 0.6) is 0 Å². The lowest BCUT2D eigenvalue weighted by Crippen LogP contribution is -2.36. The number of carbonyl (C=O) groups is 2. The number of amides is 1. The minimum absolute atomic E-state index is 0.297. The topological polar surface area (TPSA) is 91.5 Å². The third kappa shape index (κ3) is 5.40. The number of nitrogens with zero attached hydrogens (tertiary/aromatic N) is 2. The number of nitriles is 1. The molecule has 1 aliphatic rings. The number of hydrogen-bond donors (Lipinski definition) is 1. The Labute approximate surface area is 160 Å². The monoisotopic (exact) mass is 369 g/mol. The van der Waals surface area contributed by atoms with Gasteiger partial charge in [0.1, 0.15) is 0 Å². The number of hydrogen-bond acceptors (Lipinski definition) is 5. The van der Waals surface area contributed by atoms with Crippen molar-refractivity contribution in [1.29, 1.82) is 5.26 Å². The first-order valence-corrected chi connectivity index (χ1v) is 9.55. The molecule has 0 saturated carbocycles. The Bertz CT molecular complexity index is 709. The normalized spacial score (nSPS) is 18.2. The predicted molar refractivity (Wildman–Crippen MR) is 103 cm³/mol. The summed E-state index contributed by atoms with van der Waals surface area (Å²) in [5.74, 6) is -3.23. The van der Waals surface area contributed by atoms with Crippen molar-refractivity contribution in [3.8, 4) is 6.07 Å². The molecular formula is C21H27N3O3. The molecule has 2 rings (SSSR count). The molecule has 0 unspecified atom stereocenters. The Morgan fingerprint density at radius 1 is 1.26 bits per heavy atom. The van der Waals surface area contributed by atoms with Crippen LogP contribution >= 0.6 is 0 Å². The maximum atomic E-state index is 12.6. The van der Waals surface area contributed by atoms with Gasteiger partial charge in [-0.2, -0.15) is 10.4 Å². The van der Waals surface area contributed by atoms with Gasteiger partial charge in [0.15, 0.2) is 5.92 Å². The number of esters is 1. The van der Waals surface area contributed by atoms with Crippen LogP contribution in [0.2, 0.25) is 0 Å². The number of nitrogens with one attached hydrogen (secondary N) is 1. The van der Waals surface area contributed by atoms with Crippen molar-refractivity contribution in [1.82, 2.24) is 5.43 Å². The van der Waals surface area contributed by atoms with Gasteiger partial charge in [-0.15, -0.1) is 0 Å². The van der Waals surface area contributed by atoms with Gasteiger partial charge in [-0.3, -0.25) is 9.59 Å². The maximum absolute atomic E-state index is 12.6. The second-order valence-electron chi connectivity index (χ2n) is 6.83. The number of ether oxygens (including phenoxy) is 1. The highest BCUT2D eigenvalue weighted by Crippen LogP contribution is 2.35. The van der Waals surface area contributed by atoms with Crippen LogP contribution in [0, 0.1) is 23.2 Å². The van der Waals surface area contributed by atoms with Crippen LogP contribution < -0.4 is 5.43 Å². The minimum Gasteiger partial charge on any atom is -0.465 e. The van der Waals surface area contributed by atoms with E-state index < -0.39 is 23.7 Å². The lowest BCUT2D eigenvalue weighted by molar-refractivity contribution is -0.147. The SMILES string of the molecule is CCCCCCCOC(=O)[C@H](C#N)[C@@H](c1ccccc1)[C@@H]1C(=O)NN=C1C. The molecule has 1 aromatic rings. The summed E-state index contributed by atoms with van der Waals surface area (Å²) in [6, 6.07) is 11.2. The Balaban J connectivity index is 2.13. The molecule has 1 aromatic carbocycles. The van der Waals surface area contributed by atoms with E-state index in [-0.39, 0.29) is 5.91 Å². The van der Waals surface area contributed by atoms with Crippen LogP contribution in [0.3, 0.4) is 0 Å². The van der Waals surface area contributed by atoms with Gasteiger partial charge < -0.3 is 4.74 Å². The van der Waals surface area contributed by atoms with E-state index in [0.717, 1.165) is 31.2 Å². The van der Waals surface area contributed by atoms with E-state index in [9.17, 15) is 14.9 Å². The molecule has 1 heterocycles. The Morgan fingerprint density at radius 2 is 1.96 bits per heavy atom. The number of unbranched alkanes of at least 4 members (excludes halogenated alkanes) is 4. The van der Waals surface area contributed by atoms with Gasteiger partial charge >= 0.3 is 5.97 Å². The summed E-state index contributed by atoms with van der Waals surface area (Å²) in [4.78, 5) is 24.9. The number of hydrazone groups is 1. The maximum Gasteiger partial charge on any atom is 0.324 e. The molecule has 144 valence electrons. The Hall–Kier alpha value is -2.68. The van der Waals surface area contributed by atoms with E-state index in [1.807, 2.05) is 30.3 Å². The molecule has 0 saturated heterocycles. The average molecular weight is 369 g/mol. The summed E-state index contributed by atoms with van der Waals surface area (Å²) in [7, 11) is 0. The molecular weight excluding hydrogens is 342 g/mol. The van der Waals surface area contributed by atoms with E-state index >= 15 is 0 Å². The van der Waals surface area contributed by atoms with Crippen molar-refractivity contribution >= 4 is 17.6 Å². The molecule has 1 amide bonds. The molecule has 0 aromatic heterocycles. The summed E-state index contributed by atoms with van der Waals surface area (Å²) in [5.41, 5.74) is 3.77. The van der Waals surface area contributed by atoms with E-state index in [4.69, 9.17) is 4.74 Å². The number of benzene rings is 1. The second kappa shape index (κ2) is 10.5. The smallest absolute Gasteiger partial charge is 0.324 e. The third-order valence-electron chi connectivity index (χ3n) is 4.86. The first-order chi connectivity index (χ1) is 13.1. The summed E-state index contributed by atoms with van der Waals surface area (Å²) in [6.45, 7) is 4.17. The van der Waals surface area contributed by atoms with Crippen LogP contribution in [-0.2, 0) is 14.3 Å². The molecule has 1 N–H and O–H groups in total. The third-order valence-corrected chi connectivity index (χ3v) is 4.86. The van der Waals surface area contributed by atoms with E-state index in [0.29, 0.717) is 12.3 Å². The highest BCUT2D eigenvalue weighted by Gasteiger charge is 2.43. The molecule has 3 atom stereocenters. The van der Waals surface area contributed by atoms with Crippen molar-refractivity contribution in [2.75, 3.05) is 6.61 Å². The summed E-state index contributed by atoms with van der Waals surface area (Å²) in [5, 5.41) is 13.7. The van der Waals surface area contributed by atoms with E-state index in [1.165, 1.54) is 6.42 Å². The van der Waals surface area contributed by atoms with Gasteiger partial charge in [0.25, 0.3) is 0 Å². The molecule has 0 aliphatic carbocycles. The van der Waals surface area contributed by atoms with Crippen molar-refractivity contribution in [3.05, 3.63) is 35.9 Å². The standard InChI is InChI=1S/C21H27N3O3/c1-3-4-5-6-10-13-27-21(26)17(14-22)19(16-11-8-7-9-12-16)18-15(2)23-24-20(18)25/h7-9,11-12,17-19H,3-6,10,13H2,1-2H3,(H,24,25)/t17-,18-,19-/m1/s1. The summed E-state index contributed by atoms with van der Waals surface area (Å²) in [6.07, 6.45) is 5.21. The van der Waals surface area contributed by atoms with Crippen LogP contribution in [-0.4, -0.2) is 24.2 Å². The molecule has 0 bridgehead atoms. The Morgan fingerprint density at radius 3 is 2.56 bits per heavy atom. The van der Waals surface area contributed by atoms with Gasteiger partial charge in [-0.1, -0.05) is 62.9 Å². The molecule has 1 aliphatic heterocycles. The second-order valence-corrected chi connectivity index (χ2v) is 6.83. The number of rotatable bonds is 10. The van der Waals surface area contributed by atoms with Gasteiger partial charge in [0, 0.05) is 11.6 Å². The van der Waals surface area contributed by atoms with Crippen molar-refractivity contribution in [2.24, 2.45) is 16.9 Å². The highest BCUT2D eigenvalue weighted by molar-refractivity contribution is 6.08. The zero-order valence-corrected chi connectivity index (χ0v) is 16.0. The molecule has 6 heteroatoms. The summed E-state index contributed by atoms with van der Waals surface area (Å²) < 4.78 is 5.37. The van der Waals surface area contributed by atoms with Crippen molar-refractivity contribution in [2.45, 2.75) is 51.9 Å². The van der Waals surface area contributed by atoms with Crippen molar-refractivity contribution in [3.63, 3.8) is 0 Å². The largest absolute Gasteiger partial charge is 0.465 e. The zero-order valence-electron chi connectivity index (χ0n) is 16.0. The fourth-order valence-electron chi connectivity index (χ4n) is 3.40. The van der Waals surface area contributed by atoms with E-state index in [1.54, 1.807) is 6.92 Å². The quantitative estimate of drug-likeness (QED) is 0.504. The average Bonchev–Trinajstić information content (AvgIpc) is 3.01. The van der Waals surface area contributed by atoms with Crippen LogP contribution in [0.1, 0.15) is 57.4 Å². The van der Waals surface area contributed by atoms with Crippen LogP contribution in [0.25, 0.3) is 0 Å². The minimum atomic E-state index is -1.07. The summed E-state index contributed by atoms with van der Waals surface area (Å²) >= 11 is 0. The molecule has 27 heavy (non-hydrogen) atoms. The Kier molecular flexibility index (Phi) is 8.00. The van der Waals surface area contributed by atoms with Crippen LogP contribution in [0.15, 0.2) is 35.4 Å². The van der Waals surface area contributed by atoms with Crippen LogP contribution in [0.4, 0.5) is 0 Å². The lowest BCUT2D eigenvalue weighted by atomic mass is 9.75. The fourth-order valence-corrected chi connectivity index (χ4v) is 3.40. The van der Waals surface area contributed by atoms with Gasteiger partial charge in [-0.05, 0) is 18.9 Å². The highest BCUT2D eigenvalue weighted by atomic mass is 16.5. The van der Waals surface area contributed by atoms with Gasteiger partial charge in [0.05, 0.1) is 18.6 Å². The lowest BCUT2D eigenvalue weighted by Gasteiger charge is -2.25. The first kappa shape index (κ1) is 20.6. The molecule has 0 radical (unpaired) electrons. The molecule has 0 spiro atoms. The molecule has 0 fully saturated rings. The first-order valence-electron chi connectivity index (χ1n) is 9.55. The number of carbonyl (C=O) groups excluding carboxylic acids is 2. The van der Waals surface area contributed by atoms with Gasteiger partial charge in [-0.25, -0.2) is 5.43 Å². The molecule has 6 nitrogen and oxygen atoms in total.